The summed E-state index contributed by atoms with van der Waals surface area (Å²) in [6, 6.07) is 17.8. The van der Waals surface area contributed by atoms with Crippen molar-refractivity contribution in [3.8, 4) is 17.2 Å². The lowest BCUT2D eigenvalue weighted by Crippen LogP contribution is -2.02. The first-order chi connectivity index (χ1) is 13.8. The SMILES string of the molecule is CC.Nc1ncnc2c3c(n(-c4ccc(Oc5ccccc5)cc4)c12)CSC3. The number of hydrogen-bond acceptors (Lipinski definition) is 5. The molecule has 0 amide bonds. The molecule has 0 bridgehead atoms. The van der Waals surface area contributed by atoms with Gasteiger partial charge in [0.15, 0.2) is 5.82 Å². The number of rotatable bonds is 3. The lowest BCUT2D eigenvalue weighted by Gasteiger charge is -2.11. The van der Waals surface area contributed by atoms with Gasteiger partial charge in [0, 0.05) is 28.5 Å². The quantitative estimate of drug-likeness (QED) is 0.495. The monoisotopic (exact) mass is 390 g/mol. The van der Waals surface area contributed by atoms with Crippen LogP contribution in [0.5, 0.6) is 11.5 Å². The molecule has 142 valence electrons. The number of ether oxygens (including phenoxy) is 1. The summed E-state index contributed by atoms with van der Waals surface area (Å²) in [5.74, 6) is 4.05. The summed E-state index contributed by atoms with van der Waals surface area (Å²) in [6.07, 6.45) is 1.54. The van der Waals surface area contributed by atoms with E-state index < -0.39 is 0 Å². The smallest absolute Gasteiger partial charge is 0.151 e. The molecule has 0 aliphatic carbocycles. The predicted molar refractivity (Wildman–Crippen MR) is 116 cm³/mol. The van der Waals surface area contributed by atoms with Crippen LogP contribution in [-0.4, -0.2) is 14.5 Å². The summed E-state index contributed by atoms with van der Waals surface area (Å²) < 4.78 is 8.08. The molecule has 2 N–H and O–H groups in total. The van der Waals surface area contributed by atoms with Crippen LogP contribution < -0.4 is 10.5 Å². The van der Waals surface area contributed by atoms with E-state index >= 15 is 0 Å². The third kappa shape index (κ3) is 3.20. The van der Waals surface area contributed by atoms with Gasteiger partial charge in [-0.15, -0.1) is 0 Å². The van der Waals surface area contributed by atoms with Crippen molar-refractivity contribution in [1.82, 2.24) is 14.5 Å². The van der Waals surface area contributed by atoms with Crippen LogP contribution in [-0.2, 0) is 11.5 Å². The zero-order valence-electron chi connectivity index (χ0n) is 15.9. The summed E-state index contributed by atoms with van der Waals surface area (Å²) in [6.45, 7) is 4.00. The van der Waals surface area contributed by atoms with E-state index in [1.807, 2.05) is 80.2 Å². The number of thioether (sulfide) groups is 1. The molecule has 0 unspecified atom stereocenters. The van der Waals surface area contributed by atoms with E-state index in [-0.39, 0.29) is 0 Å². The van der Waals surface area contributed by atoms with Crippen LogP contribution in [0.25, 0.3) is 16.7 Å². The fourth-order valence-electron chi connectivity index (χ4n) is 3.37. The Bertz CT molecular complexity index is 1090. The Hall–Kier alpha value is -2.99. The highest BCUT2D eigenvalue weighted by Crippen LogP contribution is 2.40. The van der Waals surface area contributed by atoms with Crippen molar-refractivity contribution in [2.24, 2.45) is 0 Å². The molecule has 0 spiro atoms. The molecular weight excluding hydrogens is 368 g/mol. The van der Waals surface area contributed by atoms with Gasteiger partial charge in [-0.25, -0.2) is 9.97 Å². The maximum atomic E-state index is 6.18. The lowest BCUT2D eigenvalue weighted by molar-refractivity contribution is 0.482. The van der Waals surface area contributed by atoms with Gasteiger partial charge in [-0.05, 0) is 36.4 Å². The largest absolute Gasteiger partial charge is 0.457 e. The van der Waals surface area contributed by atoms with Crippen LogP contribution in [0, 0.1) is 0 Å². The first kappa shape index (κ1) is 18.4. The molecule has 28 heavy (non-hydrogen) atoms. The number of nitrogens with two attached hydrogens (primary N) is 1. The fourth-order valence-corrected chi connectivity index (χ4v) is 4.47. The molecule has 5 nitrogen and oxygen atoms in total. The van der Waals surface area contributed by atoms with Crippen LogP contribution in [0.1, 0.15) is 25.1 Å². The maximum Gasteiger partial charge on any atom is 0.151 e. The molecular formula is C22H22N4OS. The second kappa shape index (κ2) is 7.94. The minimum absolute atomic E-state index is 0.513. The fraction of sp³-hybridized carbons (Fsp3) is 0.182. The van der Waals surface area contributed by atoms with E-state index in [1.165, 1.54) is 11.3 Å². The number of nitrogen functional groups attached to an aromatic ring is 1. The van der Waals surface area contributed by atoms with E-state index in [9.17, 15) is 0 Å². The van der Waals surface area contributed by atoms with Crippen molar-refractivity contribution >= 4 is 28.6 Å². The summed E-state index contributed by atoms with van der Waals surface area (Å²) in [7, 11) is 0. The number of benzene rings is 2. The number of aromatic nitrogens is 3. The minimum atomic E-state index is 0.513. The number of fused-ring (bicyclic) bond motifs is 3. The first-order valence-electron chi connectivity index (χ1n) is 9.35. The van der Waals surface area contributed by atoms with Crippen LogP contribution >= 0.6 is 11.8 Å². The van der Waals surface area contributed by atoms with Gasteiger partial charge >= 0.3 is 0 Å². The summed E-state index contributed by atoms with van der Waals surface area (Å²) in [5.41, 5.74) is 11.6. The van der Waals surface area contributed by atoms with Crippen molar-refractivity contribution in [2.75, 3.05) is 5.73 Å². The second-order valence-corrected chi connectivity index (χ2v) is 7.10. The molecule has 2 aromatic heterocycles. The third-order valence-corrected chi connectivity index (χ3v) is 5.51. The Morgan fingerprint density at radius 1 is 0.929 bits per heavy atom. The summed E-state index contributed by atoms with van der Waals surface area (Å²) in [5, 5.41) is 0. The second-order valence-electron chi connectivity index (χ2n) is 6.12. The Morgan fingerprint density at radius 2 is 1.64 bits per heavy atom. The first-order valence-corrected chi connectivity index (χ1v) is 10.5. The van der Waals surface area contributed by atoms with Gasteiger partial charge in [-0.1, -0.05) is 32.0 Å². The summed E-state index contributed by atoms with van der Waals surface area (Å²) in [4.78, 5) is 8.68. The number of nitrogens with zero attached hydrogens (tertiary/aromatic N) is 3. The molecule has 0 radical (unpaired) electrons. The molecule has 5 rings (SSSR count). The van der Waals surface area contributed by atoms with Gasteiger partial charge in [0.2, 0.25) is 0 Å². The zero-order valence-corrected chi connectivity index (χ0v) is 16.7. The molecule has 0 atom stereocenters. The Kier molecular flexibility index (Phi) is 5.21. The maximum absolute atomic E-state index is 6.18. The highest BCUT2D eigenvalue weighted by molar-refractivity contribution is 7.98. The molecule has 4 aromatic rings. The number of anilines is 1. The molecule has 1 aliphatic heterocycles. The van der Waals surface area contributed by atoms with Crippen molar-refractivity contribution < 1.29 is 4.74 Å². The minimum Gasteiger partial charge on any atom is -0.457 e. The molecule has 1 aliphatic rings. The van der Waals surface area contributed by atoms with Crippen LogP contribution in [0.4, 0.5) is 5.82 Å². The van der Waals surface area contributed by atoms with Gasteiger partial charge in [-0.3, -0.25) is 0 Å². The van der Waals surface area contributed by atoms with Crippen molar-refractivity contribution in [3.05, 3.63) is 72.2 Å². The average Bonchev–Trinajstić information content (AvgIpc) is 3.33. The third-order valence-electron chi connectivity index (χ3n) is 4.54. The van der Waals surface area contributed by atoms with E-state index in [0.29, 0.717) is 5.82 Å². The predicted octanol–water partition coefficient (Wildman–Crippen LogP) is 5.57. The highest BCUT2D eigenvalue weighted by Gasteiger charge is 2.25. The Labute approximate surface area is 168 Å². The van der Waals surface area contributed by atoms with E-state index in [2.05, 4.69) is 14.5 Å². The highest BCUT2D eigenvalue weighted by atomic mass is 32.2. The molecule has 0 fully saturated rings. The van der Waals surface area contributed by atoms with Crippen molar-refractivity contribution in [3.63, 3.8) is 0 Å². The number of para-hydroxylation sites is 1. The van der Waals surface area contributed by atoms with Gasteiger partial charge in [0.25, 0.3) is 0 Å². The molecule has 3 heterocycles. The zero-order chi connectivity index (χ0) is 19.5. The molecule has 0 saturated carbocycles. The van der Waals surface area contributed by atoms with Gasteiger partial charge < -0.3 is 15.0 Å². The van der Waals surface area contributed by atoms with E-state index in [0.717, 1.165) is 39.7 Å². The van der Waals surface area contributed by atoms with E-state index in [1.54, 1.807) is 6.33 Å². The standard InChI is InChI=1S/C20H16N4OS.C2H6/c21-20-19-18(22-12-23-20)16-10-26-11-17(16)24(19)13-6-8-15(9-7-13)25-14-4-2-1-3-5-14;1-2/h1-9,12H,10-11H2,(H2,21,22,23);1-2H3. The van der Waals surface area contributed by atoms with Gasteiger partial charge in [-0.2, -0.15) is 11.8 Å². The lowest BCUT2D eigenvalue weighted by atomic mass is 10.2. The summed E-state index contributed by atoms with van der Waals surface area (Å²) >= 11 is 1.90. The van der Waals surface area contributed by atoms with Gasteiger partial charge in [0.05, 0.1) is 5.52 Å². The number of hydrogen-bond donors (Lipinski definition) is 1. The normalized spacial score (nSPS) is 12.4. The molecule has 6 heteroatoms. The van der Waals surface area contributed by atoms with Crippen molar-refractivity contribution in [2.45, 2.75) is 25.4 Å². The molecule has 2 aromatic carbocycles. The van der Waals surface area contributed by atoms with Crippen LogP contribution in [0.15, 0.2) is 60.9 Å². The van der Waals surface area contributed by atoms with Gasteiger partial charge in [0.1, 0.15) is 23.3 Å². The topological polar surface area (TPSA) is 66.0 Å². The Balaban J connectivity index is 0.000000932. The molecule has 0 saturated heterocycles. The Morgan fingerprint density at radius 3 is 2.39 bits per heavy atom. The van der Waals surface area contributed by atoms with Crippen LogP contribution in [0.2, 0.25) is 0 Å². The van der Waals surface area contributed by atoms with Crippen molar-refractivity contribution in [1.29, 1.82) is 0 Å². The van der Waals surface area contributed by atoms with E-state index in [4.69, 9.17) is 10.5 Å². The average molecular weight is 391 g/mol. The van der Waals surface area contributed by atoms with Crippen LogP contribution in [0.3, 0.4) is 0 Å².